The Balaban J connectivity index is 1.78. The molecule has 1 aliphatic carbocycles. The number of aromatic nitrogens is 2. The van der Waals surface area contributed by atoms with Crippen LogP contribution in [0.4, 0.5) is 0 Å². The topological polar surface area (TPSA) is 29.9 Å². The Morgan fingerprint density at radius 1 is 1.22 bits per heavy atom. The van der Waals surface area contributed by atoms with E-state index in [9.17, 15) is 0 Å². The van der Waals surface area contributed by atoms with Gasteiger partial charge in [0, 0.05) is 24.3 Å². The van der Waals surface area contributed by atoms with Crippen molar-refractivity contribution in [3.8, 4) is 0 Å². The molecule has 4 unspecified atom stereocenters. The van der Waals surface area contributed by atoms with Crippen LogP contribution < -0.4 is 5.32 Å². The Morgan fingerprint density at radius 3 is 2.83 bits per heavy atom. The molecule has 18 heavy (non-hydrogen) atoms. The summed E-state index contributed by atoms with van der Waals surface area (Å²) in [5.41, 5.74) is 1.42. The SMILES string of the molecule is CC1CCC(n2cncc2C2CCCC(C)N2)C1. The smallest absolute Gasteiger partial charge is 0.0951 e. The summed E-state index contributed by atoms with van der Waals surface area (Å²) >= 11 is 0. The van der Waals surface area contributed by atoms with Gasteiger partial charge in [-0.1, -0.05) is 6.92 Å². The minimum atomic E-state index is 0.521. The lowest BCUT2D eigenvalue weighted by atomic mass is 9.97. The lowest BCUT2D eigenvalue weighted by Gasteiger charge is -2.30. The van der Waals surface area contributed by atoms with Crippen molar-refractivity contribution < 1.29 is 0 Å². The molecule has 3 nitrogen and oxygen atoms in total. The minimum Gasteiger partial charge on any atom is -0.330 e. The molecule has 1 N–H and O–H groups in total. The number of nitrogens with one attached hydrogen (secondary N) is 1. The molecule has 1 aliphatic heterocycles. The first kappa shape index (κ1) is 12.2. The van der Waals surface area contributed by atoms with E-state index in [-0.39, 0.29) is 0 Å². The maximum atomic E-state index is 4.41. The van der Waals surface area contributed by atoms with E-state index in [2.05, 4.69) is 41.2 Å². The Kier molecular flexibility index (Phi) is 3.42. The molecular weight excluding hydrogens is 222 g/mol. The molecule has 1 aromatic rings. The normalized spacial score (nSPS) is 37.0. The largest absolute Gasteiger partial charge is 0.330 e. The van der Waals surface area contributed by atoms with Crippen molar-refractivity contribution in [2.24, 2.45) is 5.92 Å². The summed E-state index contributed by atoms with van der Waals surface area (Å²) in [7, 11) is 0. The van der Waals surface area contributed by atoms with Crippen LogP contribution in [0.1, 0.15) is 70.2 Å². The molecule has 0 bridgehead atoms. The molecule has 1 saturated heterocycles. The van der Waals surface area contributed by atoms with E-state index in [1.807, 2.05) is 0 Å². The van der Waals surface area contributed by atoms with Gasteiger partial charge >= 0.3 is 0 Å². The maximum Gasteiger partial charge on any atom is 0.0951 e. The zero-order valence-electron chi connectivity index (χ0n) is 11.6. The molecule has 1 aromatic heterocycles. The number of hydrogen-bond donors (Lipinski definition) is 1. The van der Waals surface area contributed by atoms with E-state index in [0.29, 0.717) is 18.1 Å². The van der Waals surface area contributed by atoms with Crippen LogP contribution in [0.3, 0.4) is 0 Å². The summed E-state index contributed by atoms with van der Waals surface area (Å²) < 4.78 is 2.46. The summed E-state index contributed by atoms with van der Waals surface area (Å²) in [6, 6.07) is 1.86. The second-order valence-electron chi connectivity index (χ2n) is 6.35. The number of piperidine rings is 1. The van der Waals surface area contributed by atoms with Gasteiger partial charge in [-0.05, 0) is 51.4 Å². The lowest BCUT2D eigenvalue weighted by molar-refractivity contribution is 0.321. The van der Waals surface area contributed by atoms with E-state index >= 15 is 0 Å². The highest BCUT2D eigenvalue weighted by atomic mass is 15.1. The van der Waals surface area contributed by atoms with Crippen LogP contribution in [0.5, 0.6) is 0 Å². The molecule has 0 amide bonds. The molecule has 3 rings (SSSR count). The van der Waals surface area contributed by atoms with E-state index in [4.69, 9.17) is 0 Å². The third-order valence-corrected chi connectivity index (χ3v) is 4.73. The number of hydrogen-bond acceptors (Lipinski definition) is 2. The number of rotatable bonds is 2. The highest BCUT2D eigenvalue weighted by molar-refractivity contribution is 5.09. The first-order valence-corrected chi connectivity index (χ1v) is 7.52. The van der Waals surface area contributed by atoms with Gasteiger partial charge in [-0.3, -0.25) is 0 Å². The zero-order valence-corrected chi connectivity index (χ0v) is 11.6. The van der Waals surface area contributed by atoms with Crippen molar-refractivity contribution in [2.75, 3.05) is 0 Å². The molecule has 100 valence electrons. The van der Waals surface area contributed by atoms with Gasteiger partial charge in [0.15, 0.2) is 0 Å². The average molecular weight is 247 g/mol. The summed E-state index contributed by atoms with van der Waals surface area (Å²) in [6.45, 7) is 4.67. The molecule has 0 radical (unpaired) electrons. The predicted molar refractivity (Wildman–Crippen MR) is 73.5 cm³/mol. The molecular formula is C15H25N3. The van der Waals surface area contributed by atoms with E-state index in [1.54, 1.807) is 0 Å². The Labute approximate surface area is 110 Å². The van der Waals surface area contributed by atoms with Crippen LogP contribution in [-0.2, 0) is 0 Å². The molecule has 4 atom stereocenters. The summed E-state index contributed by atoms with van der Waals surface area (Å²) in [6.07, 6.45) is 12.1. The van der Waals surface area contributed by atoms with Gasteiger partial charge in [0.2, 0.25) is 0 Å². The van der Waals surface area contributed by atoms with Crippen molar-refractivity contribution in [3.63, 3.8) is 0 Å². The van der Waals surface area contributed by atoms with Gasteiger partial charge in [-0.15, -0.1) is 0 Å². The standard InChI is InChI=1S/C15H25N3/c1-11-6-7-13(8-11)18-10-16-9-15(18)14-5-3-4-12(2)17-14/h9-14,17H,3-8H2,1-2H3. The highest BCUT2D eigenvalue weighted by Crippen LogP contribution is 2.36. The second kappa shape index (κ2) is 5.04. The maximum absolute atomic E-state index is 4.41. The average Bonchev–Trinajstić information content (AvgIpc) is 2.96. The van der Waals surface area contributed by atoms with Gasteiger partial charge in [0.05, 0.1) is 12.0 Å². The van der Waals surface area contributed by atoms with Crippen molar-refractivity contribution in [1.29, 1.82) is 0 Å². The third-order valence-electron chi connectivity index (χ3n) is 4.73. The number of nitrogens with zero attached hydrogens (tertiary/aromatic N) is 2. The fraction of sp³-hybridized carbons (Fsp3) is 0.800. The first-order chi connectivity index (χ1) is 8.74. The summed E-state index contributed by atoms with van der Waals surface area (Å²) in [5, 5.41) is 3.73. The number of imidazole rings is 1. The molecule has 3 heteroatoms. The molecule has 2 aliphatic rings. The van der Waals surface area contributed by atoms with Crippen LogP contribution in [0.2, 0.25) is 0 Å². The van der Waals surface area contributed by atoms with Crippen molar-refractivity contribution >= 4 is 0 Å². The fourth-order valence-electron chi connectivity index (χ4n) is 3.69. The van der Waals surface area contributed by atoms with Crippen LogP contribution >= 0.6 is 0 Å². The fourth-order valence-corrected chi connectivity index (χ4v) is 3.69. The summed E-state index contributed by atoms with van der Waals surface area (Å²) in [5.74, 6) is 0.878. The van der Waals surface area contributed by atoms with Crippen molar-refractivity contribution in [2.45, 2.75) is 70.5 Å². The van der Waals surface area contributed by atoms with E-state index in [0.717, 1.165) is 5.92 Å². The van der Waals surface area contributed by atoms with E-state index in [1.165, 1.54) is 44.2 Å². The second-order valence-corrected chi connectivity index (χ2v) is 6.35. The quantitative estimate of drug-likeness (QED) is 0.867. The van der Waals surface area contributed by atoms with Crippen LogP contribution in [0.25, 0.3) is 0 Å². The monoisotopic (exact) mass is 247 g/mol. The molecule has 0 spiro atoms. The van der Waals surface area contributed by atoms with Crippen LogP contribution in [0.15, 0.2) is 12.5 Å². The third kappa shape index (κ3) is 2.33. The van der Waals surface area contributed by atoms with E-state index < -0.39 is 0 Å². The van der Waals surface area contributed by atoms with Crippen LogP contribution in [-0.4, -0.2) is 15.6 Å². The van der Waals surface area contributed by atoms with Crippen LogP contribution in [0, 0.1) is 5.92 Å². The molecule has 2 heterocycles. The van der Waals surface area contributed by atoms with Crippen molar-refractivity contribution in [3.05, 3.63) is 18.2 Å². The van der Waals surface area contributed by atoms with Gasteiger partial charge < -0.3 is 9.88 Å². The molecule has 0 aromatic carbocycles. The minimum absolute atomic E-state index is 0.521. The predicted octanol–water partition coefficient (Wildman–Crippen LogP) is 3.45. The van der Waals surface area contributed by atoms with Gasteiger partial charge in [0.1, 0.15) is 0 Å². The van der Waals surface area contributed by atoms with Gasteiger partial charge in [0.25, 0.3) is 0 Å². The Bertz CT molecular complexity index is 398. The lowest BCUT2D eigenvalue weighted by Crippen LogP contribution is -2.35. The summed E-state index contributed by atoms with van der Waals surface area (Å²) in [4.78, 5) is 4.41. The van der Waals surface area contributed by atoms with Crippen molar-refractivity contribution in [1.82, 2.24) is 14.9 Å². The molecule has 2 fully saturated rings. The van der Waals surface area contributed by atoms with Gasteiger partial charge in [-0.2, -0.15) is 0 Å². The van der Waals surface area contributed by atoms with Gasteiger partial charge in [-0.25, -0.2) is 4.98 Å². The Hall–Kier alpha value is -0.830. The highest BCUT2D eigenvalue weighted by Gasteiger charge is 2.28. The zero-order chi connectivity index (χ0) is 12.5. The first-order valence-electron chi connectivity index (χ1n) is 7.52. The Morgan fingerprint density at radius 2 is 2.11 bits per heavy atom. The molecule has 1 saturated carbocycles.